The predicted molar refractivity (Wildman–Crippen MR) is 86.9 cm³/mol. The number of rotatable bonds is 6. The number of ether oxygens (including phenoxy) is 2. The summed E-state index contributed by atoms with van der Waals surface area (Å²) in [4.78, 5) is 25.7. The Morgan fingerprint density at radius 2 is 2.12 bits per heavy atom. The molecule has 2 atom stereocenters. The van der Waals surface area contributed by atoms with Gasteiger partial charge in [-0.3, -0.25) is 9.59 Å². The monoisotopic (exact) mass is 333 g/mol. The molecule has 3 rings (SSSR count). The Labute approximate surface area is 141 Å². The second-order valence-corrected chi connectivity index (χ2v) is 6.65. The van der Waals surface area contributed by atoms with Crippen LogP contribution in [0.15, 0.2) is 24.3 Å². The minimum absolute atomic E-state index is 0.0403. The van der Waals surface area contributed by atoms with Crippen LogP contribution in [0.5, 0.6) is 5.75 Å². The first-order chi connectivity index (χ1) is 11.5. The Hall–Kier alpha value is -2.08. The number of carbonyl (C=O) groups excluding carboxylic acids is 1. The second kappa shape index (κ2) is 6.81. The summed E-state index contributed by atoms with van der Waals surface area (Å²) < 4.78 is 10.5. The first kappa shape index (κ1) is 16.8. The van der Waals surface area contributed by atoms with E-state index in [2.05, 4.69) is 0 Å². The van der Waals surface area contributed by atoms with Crippen molar-refractivity contribution in [2.75, 3.05) is 33.4 Å². The van der Waals surface area contributed by atoms with Gasteiger partial charge < -0.3 is 19.5 Å². The maximum atomic E-state index is 12.4. The summed E-state index contributed by atoms with van der Waals surface area (Å²) in [6.45, 7) is 1.41. The van der Waals surface area contributed by atoms with Crippen molar-refractivity contribution in [3.63, 3.8) is 0 Å². The van der Waals surface area contributed by atoms with Gasteiger partial charge in [-0.25, -0.2) is 0 Å². The van der Waals surface area contributed by atoms with Crippen molar-refractivity contribution in [2.45, 2.75) is 19.3 Å². The molecule has 0 unspecified atom stereocenters. The van der Waals surface area contributed by atoms with Crippen molar-refractivity contribution in [3.05, 3.63) is 29.8 Å². The van der Waals surface area contributed by atoms with Crippen molar-refractivity contribution in [2.24, 2.45) is 11.3 Å². The van der Waals surface area contributed by atoms with E-state index in [1.165, 1.54) is 0 Å². The van der Waals surface area contributed by atoms with Gasteiger partial charge in [-0.15, -0.1) is 0 Å². The number of hydrogen-bond donors (Lipinski definition) is 1. The molecule has 2 heterocycles. The standard InChI is InChI=1S/C18H23NO5/c1-23-15-7-5-13(6-8-15)3-2-4-16(20)19-9-14-10-24-12-18(14,11-19)17(21)22/h5-8,14H,2-4,9-12H2,1H3,(H,21,22)/t14-,18-/m1/s1. The molecule has 2 aliphatic rings. The minimum Gasteiger partial charge on any atom is -0.497 e. The minimum atomic E-state index is -0.897. The highest BCUT2D eigenvalue weighted by Gasteiger charge is 2.56. The third kappa shape index (κ3) is 3.11. The van der Waals surface area contributed by atoms with E-state index in [9.17, 15) is 14.7 Å². The van der Waals surface area contributed by atoms with Gasteiger partial charge in [-0.1, -0.05) is 12.1 Å². The number of benzene rings is 1. The molecule has 6 nitrogen and oxygen atoms in total. The van der Waals surface area contributed by atoms with E-state index in [4.69, 9.17) is 9.47 Å². The summed E-state index contributed by atoms with van der Waals surface area (Å²) in [5.41, 5.74) is 0.267. The van der Waals surface area contributed by atoms with Crippen LogP contribution >= 0.6 is 0 Å². The fourth-order valence-corrected chi connectivity index (χ4v) is 3.62. The largest absolute Gasteiger partial charge is 0.497 e. The van der Waals surface area contributed by atoms with Crippen LogP contribution in [0.25, 0.3) is 0 Å². The van der Waals surface area contributed by atoms with Gasteiger partial charge in [0.2, 0.25) is 5.91 Å². The summed E-state index contributed by atoms with van der Waals surface area (Å²) in [5.74, 6) is -0.0720. The molecule has 24 heavy (non-hydrogen) atoms. The summed E-state index contributed by atoms with van der Waals surface area (Å²) in [5, 5.41) is 9.51. The van der Waals surface area contributed by atoms with Crippen molar-refractivity contribution in [3.8, 4) is 5.75 Å². The molecule has 0 radical (unpaired) electrons. The average Bonchev–Trinajstić information content (AvgIpc) is 3.13. The molecule has 0 aliphatic carbocycles. The van der Waals surface area contributed by atoms with Crippen LogP contribution in [0.1, 0.15) is 18.4 Å². The average molecular weight is 333 g/mol. The quantitative estimate of drug-likeness (QED) is 0.855. The van der Waals surface area contributed by atoms with Crippen LogP contribution < -0.4 is 4.74 Å². The summed E-state index contributed by atoms with van der Waals surface area (Å²) >= 11 is 0. The third-order valence-corrected chi connectivity index (χ3v) is 5.17. The Bertz CT molecular complexity index is 614. The van der Waals surface area contributed by atoms with Gasteiger partial charge in [0.05, 0.1) is 20.3 Å². The predicted octanol–water partition coefficient (Wildman–Crippen LogP) is 1.58. The topological polar surface area (TPSA) is 76.1 Å². The lowest BCUT2D eigenvalue weighted by Crippen LogP contribution is -2.40. The summed E-state index contributed by atoms with van der Waals surface area (Å²) in [7, 11) is 1.63. The van der Waals surface area contributed by atoms with E-state index in [1.54, 1.807) is 12.0 Å². The number of carboxylic acid groups (broad SMARTS) is 1. The second-order valence-electron chi connectivity index (χ2n) is 6.65. The maximum absolute atomic E-state index is 12.4. The molecular formula is C18H23NO5. The van der Waals surface area contributed by atoms with Crippen LogP contribution in [0, 0.1) is 11.3 Å². The zero-order valence-electron chi connectivity index (χ0n) is 13.9. The number of methoxy groups -OCH3 is 1. The van der Waals surface area contributed by atoms with Gasteiger partial charge in [0.15, 0.2) is 0 Å². The van der Waals surface area contributed by atoms with Gasteiger partial charge >= 0.3 is 5.97 Å². The first-order valence-corrected chi connectivity index (χ1v) is 8.27. The molecule has 2 aliphatic heterocycles. The van der Waals surface area contributed by atoms with E-state index in [0.29, 0.717) is 19.6 Å². The summed E-state index contributed by atoms with van der Waals surface area (Å²) in [6, 6.07) is 7.82. The number of nitrogens with zero attached hydrogens (tertiary/aromatic N) is 1. The smallest absolute Gasteiger partial charge is 0.314 e. The Morgan fingerprint density at radius 1 is 1.38 bits per heavy atom. The highest BCUT2D eigenvalue weighted by Crippen LogP contribution is 2.41. The molecule has 2 fully saturated rings. The Kier molecular flexibility index (Phi) is 4.76. The van der Waals surface area contributed by atoms with Crippen LogP contribution in [-0.2, 0) is 20.7 Å². The van der Waals surface area contributed by atoms with Crippen LogP contribution in [0.2, 0.25) is 0 Å². The zero-order valence-corrected chi connectivity index (χ0v) is 13.9. The lowest BCUT2D eigenvalue weighted by atomic mass is 9.81. The lowest BCUT2D eigenvalue weighted by molar-refractivity contribution is -0.149. The lowest BCUT2D eigenvalue weighted by Gasteiger charge is -2.22. The fraction of sp³-hybridized carbons (Fsp3) is 0.556. The molecule has 1 amide bonds. The molecule has 130 valence electrons. The van der Waals surface area contributed by atoms with Gasteiger partial charge in [0.25, 0.3) is 0 Å². The van der Waals surface area contributed by atoms with Crippen LogP contribution in [0.3, 0.4) is 0 Å². The molecule has 6 heteroatoms. The number of aliphatic carboxylic acids is 1. The van der Waals surface area contributed by atoms with Crippen LogP contribution in [-0.4, -0.2) is 55.3 Å². The molecule has 1 aromatic carbocycles. The molecule has 2 saturated heterocycles. The maximum Gasteiger partial charge on any atom is 0.314 e. The molecule has 0 saturated carbocycles. The third-order valence-electron chi connectivity index (χ3n) is 5.17. The van der Waals surface area contributed by atoms with E-state index < -0.39 is 11.4 Å². The first-order valence-electron chi connectivity index (χ1n) is 8.27. The molecular weight excluding hydrogens is 310 g/mol. The number of aryl methyl sites for hydroxylation is 1. The molecule has 0 spiro atoms. The van der Waals surface area contributed by atoms with Crippen molar-refractivity contribution in [1.82, 2.24) is 4.90 Å². The summed E-state index contributed by atoms with van der Waals surface area (Å²) in [6.07, 6.45) is 2.01. The molecule has 1 aromatic rings. The number of carbonyl (C=O) groups is 2. The van der Waals surface area contributed by atoms with Crippen molar-refractivity contribution >= 4 is 11.9 Å². The number of amides is 1. The van der Waals surface area contributed by atoms with Crippen molar-refractivity contribution < 1.29 is 24.2 Å². The fourth-order valence-electron chi connectivity index (χ4n) is 3.62. The number of fused-ring (bicyclic) bond motifs is 1. The van der Waals surface area contributed by atoms with E-state index in [-0.39, 0.29) is 25.0 Å². The van der Waals surface area contributed by atoms with E-state index >= 15 is 0 Å². The highest BCUT2D eigenvalue weighted by molar-refractivity contribution is 5.81. The Balaban J connectivity index is 1.50. The molecule has 0 aromatic heterocycles. The van der Waals surface area contributed by atoms with Crippen molar-refractivity contribution in [1.29, 1.82) is 0 Å². The van der Waals surface area contributed by atoms with Crippen LogP contribution in [0.4, 0.5) is 0 Å². The molecule has 1 N–H and O–H groups in total. The van der Waals surface area contributed by atoms with Gasteiger partial charge in [-0.05, 0) is 30.5 Å². The number of likely N-dealkylation sites (tertiary alicyclic amines) is 1. The van der Waals surface area contributed by atoms with Gasteiger partial charge in [-0.2, -0.15) is 0 Å². The highest BCUT2D eigenvalue weighted by atomic mass is 16.5. The Morgan fingerprint density at radius 3 is 2.75 bits per heavy atom. The SMILES string of the molecule is COc1ccc(CCCC(=O)N2C[C@@H]3COC[C@]3(C(=O)O)C2)cc1. The normalized spacial score (nSPS) is 25.5. The van der Waals surface area contributed by atoms with E-state index in [0.717, 1.165) is 24.2 Å². The van der Waals surface area contributed by atoms with Gasteiger partial charge in [0.1, 0.15) is 11.2 Å². The number of carboxylic acids is 1. The zero-order chi connectivity index (χ0) is 17.2. The van der Waals surface area contributed by atoms with Gasteiger partial charge in [0, 0.05) is 25.4 Å². The van der Waals surface area contributed by atoms with E-state index in [1.807, 2.05) is 24.3 Å². The number of hydrogen-bond acceptors (Lipinski definition) is 4. The molecule has 0 bridgehead atoms.